The van der Waals surface area contributed by atoms with E-state index in [4.69, 9.17) is 16.2 Å². The average Bonchev–Trinajstić information content (AvgIpc) is 3.27. The van der Waals surface area contributed by atoms with Crippen molar-refractivity contribution in [1.82, 2.24) is 0 Å². The van der Waals surface area contributed by atoms with Crippen molar-refractivity contribution in [3.05, 3.63) is 43.1 Å². The van der Waals surface area contributed by atoms with Gasteiger partial charge in [-0.2, -0.15) is 13.0 Å². The van der Waals surface area contributed by atoms with E-state index in [1.165, 1.54) is 34.4 Å². The van der Waals surface area contributed by atoms with Gasteiger partial charge >= 0.3 is 5.97 Å². The molecule has 7 nitrogen and oxygen atoms in total. The van der Waals surface area contributed by atoms with Crippen LogP contribution in [0.15, 0.2) is 38.7 Å². The van der Waals surface area contributed by atoms with Crippen molar-refractivity contribution in [3.8, 4) is 0 Å². The standard InChI is InChI=1S/C18H14BrClN2O5S4/c19-10-2-3-12-11(6-10)21(4-1-5-31(25,26)27)15(28-12)8-16-22(9-17(23)24)18-13(29-16)7-14(20)30-18/h2-3,6-8H,1,4-5,9H2,(H-,23,24,25,26,27)/p+1. The Morgan fingerprint density at radius 3 is 2.77 bits per heavy atom. The van der Waals surface area contributed by atoms with Gasteiger partial charge in [-0.15, -0.1) is 0 Å². The predicted molar refractivity (Wildman–Crippen MR) is 129 cm³/mol. The van der Waals surface area contributed by atoms with Gasteiger partial charge in [0.2, 0.25) is 6.54 Å². The highest BCUT2D eigenvalue weighted by molar-refractivity contribution is 9.10. The zero-order valence-corrected chi connectivity index (χ0v) is 21.2. The Morgan fingerprint density at radius 1 is 1.29 bits per heavy atom. The third kappa shape index (κ3) is 5.27. The number of aromatic nitrogens is 1. The number of halogens is 2. The molecule has 0 saturated carbocycles. The van der Waals surface area contributed by atoms with E-state index in [0.717, 1.165) is 34.6 Å². The number of hydrogen-bond donors (Lipinski definition) is 2. The number of aliphatic carboxylic acids is 1. The lowest BCUT2D eigenvalue weighted by atomic mass is 10.3. The largest absolute Gasteiger partial charge is 0.477 e. The fraction of sp³-hybridized carbons (Fsp3) is 0.222. The molecule has 1 aliphatic heterocycles. The van der Waals surface area contributed by atoms with Crippen LogP contribution in [0.2, 0.25) is 4.34 Å². The number of benzene rings is 1. The summed E-state index contributed by atoms with van der Waals surface area (Å²) in [4.78, 5) is 15.2. The van der Waals surface area contributed by atoms with Crippen LogP contribution in [-0.4, -0.2) is 36.3 Å². The van der Waals surface area contributed by atoms with Gasteiger partial charge in [-0.3, -0.25) is 4.55 Å². The second kappa shape index (κ2) is 9.00. The Labute approximate surface area is 203 Å². The molecule has 0 amide bonds. The molecule has 0 aliphatic carbocycles. The summed E-state index contributed by atoms with van der Waals surface area (Å²) in [7, 11) is -4.05. The van der Waals surface area contributed by atoms with E-state index in [-0.39, 0.29) is 18.7 Å². The zero-order chi connectivity index (χ0) is 22.3. The maximum Gasteiger partial charge on any atom is 0.370 e. The first-order valence-electron chi connectivity index (χ1n) is 8.86. The van der Waals surface area contributed by atoms with Crippen LogP contribution < -0.4 is 9.47 Å². The van der Waals surface area contributed by atoms with Crippen LogP contribution in [0.4, 0.5) is 5.69 Å². The molecule has 1 aliphatic rings. The number of hydrogen-bond acceptors (Lipinski definition) is 7. The molecule has 0 spiro atoms. The number of rotatable bonds is 7. The van der Waals surface area contributed by atoms with Gasteiger partial charge < -0.3 is 10.0 Å². The molecule has 3 aromatic rings. The number of anilines is 1. The van der Waals surface area contributed by atoms with E-state index >= 15 is 0 Å². The van der Waals surface area contributed by atoms with Crippen molar-refractivity contribution in [3.63, 3.8) is 0 Å². The third-order valence-corrected chi connectivity index (χ3v) is 9.30. The minimum atomic E-state index is -4.05. The molecule has 1 aromatic carbocycles. The Bertz CT molecular complexity index is 1320. The van der Waals surface area contributed by atoms with Gasteiger partial charge in [-0.25, -0.2) is 4.79 Å². The zero-order valence-electron chi connectivity index (χ0n) is 15.6. The van der Waals surface area contributed by atoms with Gasteiger partial charge in [0, 0.05) is 15.9 Å². The number of nitrogens with zero attached hydrogens (tertiary/aromatic N) is 2. The Kier molecular flexibility index (Phi) is 6.69. The molecule has 0 saturated heterocycles. The van der Waals surface area contributed by atoms with Crippen LogP contribution in [0.25, 0.3) is 15.6 Å². The van der Waals surface area contributed by atoms with E-state index in [1.54, 1.807) is 4.57 Å². The maximum absolute atomic E-state index is 11.5. The highest BCUT2D eigenvalue weighted by Gasteiger charge is 2.30. The van der Waals surface area contributed by atoms with Crippen LogP contribution in [0.3, 0.4) is 0 Å². The highest BCUT2D eigenvalue weighted by Crippen LogP contribution is 2.48. The predicted octanol–water partition coefficient (Wildman–Crippen LogP) is 4.94. The molecule has 0 radical (unpaired) electrons. The summed E-state index contributed by atoms with van der Waals surface area (Å²) in [6, 6.07) is 7.68. The number of thiophene rings is 1. The molecule has 3 heterocycles. The molecular weight excluding hydrogens is 568 g/mol. The fourth-order valence-corrected chi connectivity index (χ4v) is 7.81. The topological polar surface area (TPSA) is 98.8 Å². The Hall–Kier alpha value is -1.15. The Balaban J connectivity index is 1.74. The van der Waals surface area contributed by atoms with Gasteiger partial charge in [0.15, 0.2) is 0 Å². The first-order chi connectivity index (χ1) is 14.6. The number of carboxylic acids is 1. The monoisotopic (exact) mass is 581 g/mol. The SMILES string of the molecule is O=C(O)C[n+]1c(/C=C2\Sc3ccc(Br)cc3N2CCCS(=O)(=O)O)sc2cc(Cl)sc21. The molecule has 2 N–H and O–H groups in total. The van der Waals surface area contributed by atoms with Crippen molar-refractivity contribution in [1.29, 1.82) is 0 Å². The summed E-state index contributed by atoms with van der Waals surface area (Å²) in [5.74, 6) is -1.29. The number of thioether (sulfide) groups is 1. The molecule has 164 valence electrons. The maximum atomic E-state index is 11.5. The molecule has 2 aromatic heterocycles. The van der Waals surface area contributed by atoms with E-state index < -0.39 is 16.1 Å². The highest BCUT2D eigenvalue weighted by atomic mass is 79.9. The summed E-state index contributed by atoms with van der Waals surface area (Å²) in [6.45, 7) is 0.189. The molecule has 0 bridgehead atoms. The van der Waals surface area contributed by atoms with Crippen molar-refractivity contribution < 1.29 is 27.4 Å². The summed E-state index contributed by atoms with van der Waals surface area (Å²) in [6.07, 6.45) is 2.16. The molecule has 0 fully saturated rings. The summed E-state index contributed by atoms with van der Waals surface area (Å²) in [5, 5.41) is 11.0. The van der Waals surface area contributed by atoms with Gasteiger partial charge in [0.25, 0.3) is 20.0 Å². The second-order valence-corrected chi connectivity index (χ2v) is 12.9. The average molecular weight is 583 g/mol. The second-order valence-electron chi connectivity index (χ2n) is 6.63. The number of fused-ring (bicyclic) bond motifs is 2. The summed E-state index contributed by atoms with van der Waals surface area (Å²) < 4.78 is 35.5. The molecule has 0 atom stereocenters. The van der Waals surface area contributed by atoms with E-state index in [0.29, 0.717) is 10.9 Å². The molecule has 13 heteroatoms. The van der Waals surface area contributed by atoms with Gasteiger partial charge in [-0.05, 0) is 30.7 Å². The third-order valence-electron chi connectivity index (χ3n) is 4.39. The van der Waals surface area contributed by atoms with Crippen molar-refractivity contribution in [2.45, 2.75) is 17.9 Å². The Morgan fingerprint density at radius 2 is 2.06 bits per heavy atom. The molecule has 4 rings (SSSR count). The minimum absolute atomic E-state index is 0.193. The minimum Gasteiger partial charge on any atom is -0.477 e. The van der Waals surface area contributed by atoms with Crippen LogP contribution >= 0.6 is 62.0 Å². The van der Waals surface area contributed by atoms with Gasteiger partial charge in [-0.1, -0.05) is 62.0 Å². The van der Waals surface area contributed by atoms with E-state index in [1.807, 2.05) is 35.2 Å². The lowest BCUT2D eigenvalue weighted by Crippen LogP contribution is -2.38. The lowest BCUT2D eigenvalue weighted by molar-refractivity contribution is -0.655. The molecule has 0 unspecified atom stereocenters. The molecular formula is C18H15BrClN2O5S4+. The molecule has 31 heavy (non-hydrogen) atoms. The normalized spacial score (nSPS) is 15.2. The van der Waals surface area contributed by atoms with Crippen LogP contribution in [-0.2, 0) is 21.5 Å². The lowest BCUT2D eigenvalue weighted by Gasteiger charge is -2.20. The van der Waals surface area contributed by atoms with Gasteiger partial charge in [0.1, 0.15) is 9.04 Å². The van der Waals surface area contributed by atoms with Crippen LogP contribution in [0.1, 0.15) is 11.4 Å². The van der Waals surface area contributed by atoms with E-state index in [9.17, 15) is 18.3 Å². The number of thiazole rings is 1. The van der Waals surface area contributed by atoms with Crippen molar-refractivity contribution >= 4 is 99.3 Å². The number of carboxylic acid groups (broad SMARTS) is 1. The van der Waals surface area contributed by atoms with Crippen molar-refractivity contribution in [2.24, 2.45) is 0 Å². The quantitative estimate of drug-likeness (QED) is 0.301. The fourth-order valence-electron chi connectivity index (χ4n) is 3.18. The summed E-state index contributed by atoms with van der Waals surface area (Å²) >= 11 is 13.9. The first kappa shape index (κ1) is 23.0. The van der Waals surface area contributed by atoms with E-state index in [2.05, 4.69) is 15.9 Å². The van der Waals surface area contributed by atoms with Crippen LogP contribution in [0.5, 0.6) is 0 Å². The first-order valence-corrected chi connectivity index (χ1v) is 14.1. The number of carbonyl (C=O) groups is 1. The summed E-state index contributed by atoms with van der Waals surface area (Å²) in [5.41, 5.74) is 0.923. The van der Waals surface area contributed by atoms with Crippen molar-refractivity contribution in [2.75, 3.05) is 17.2 Å². The van der Waals surface area contributed by atoms with Gasteiger partial charge in [0.05, 0.1) is 22.5 Å². The smallest absolute Gasteiger partial charge is 0.370 e. The van der Waals surface area contributed by atoms with Crippen LogP contribution in [0, 0.1) is 0 Å².